The van der Waals surface area contributed by atoms with Crippen LogP contribution in [0.5, 0.6) is 0 Å². The molecular formula is C27H40N4O. The lowest BCUT2D eigenvalue weighted by atomic mass is 9.70. The van der Waals surface area contributed by atoms with E-state index >= 15 is 0 Å². The summed E-state index contributed by atoms with van der Waals surface area (Å²) in [5.41, 5.74) is 4.87. The smallest absolute Gasteiger partial charge is 0.315 e. The second-order valence-corrected chi connectivity index (χ2v) is 10.5. The van der Waals surface area contributed by atoms with Gasteiger partial charge in [0.05, 0.1) is 11.0 Å². The monoisotopic (exact) mass is 436 g/mol. The zero-order valence-electron chi connectivity index (χ0n) is 20.2. The SMILES string of the molecule is CC1=C[C@@H](CNC(=O)NC2CCCCC2)[C@H](C(C)C)C[C@H]1Cc1nc2c(C)cccc2[nH]1. The van der Waals surface area contributed by atoms with E-state index in [1.807, 2.05) is 0 Å². The van der Waals surface area contributed by atoms with Crippen LogP contribution in [0.3, 0.4) is 0 Å². The Morgan fingerprint density at radius 2 is 1.97 bits per heavy atom. The summed E-state index contributed by atoms with van der Waals surface area (Å²) in [4.78, 5) is 20.9. The Bertz CT molecular complexity index is 954. The van der Waals surface area contributed by atoms with Crippen molar-refractivity contribution in [3.8, 4) is 0 Å². The van der Waals surface area contributed by atoms with Gasteiger partial charge in [-0.15, -0.1) is 0 Å². The normalized spacial score (nSPS) is 24.5. The Hall–Kier alpha value is -2.30. The van der Waals surface area contributed by atoms with Crippen molar-refractivity contribution in [2.45, 2.75) is 78.7 Å². The minimum atomic E-state index is 0.00484. The van der Waals surface area contributed by atoms with Crippen molar-refractivity contribution < 1.29 is 4.79 Å². The van der Waals surface area contributed by atoms with Crippen molar-refractivity contribution in [2.24, 2.45) is 23.7 Å². The maximum absolute atomic E-state index is 12.5. The predicted molar refractivity (Wildman–Crippen MR) is 132 cm³/mol. The van der Waals surface area contributed by atoms with Crippen LogP contribution in [-0.2, 0) is 6.42 Å². The van der Waals surface area contributed by atoms with Gasteiger partial charge in [-0.2, -0.15) is 0 Å². The molecule has 3 atom stereocenters. The molecule has 32 heavy (non-hydrogen) atoms. The number of carbonyl (C=O) groups excluding carboxylic acids is 1. The number of rotatable bonds is 6. The van der Waals surface area contributed by atoms with Crippen LogP contribution in [0.15, 0.2) is 29.8 Å². The number of aromatic nitrogens is 2. The summed E-state index contributed by atoms with van der Waals surface area (Å²) >= 11 is 0. The lowest BCUT2D eigenvalue weighted by molar-refractivity contribution is 0.210. The average Bonchev–Trinajstić information content (AvgIpc) is 3.18. The summed E-state index contributed by atoms with van der Waals surface area (Å²) in [5.74, 6) is 3.10. The summed E-state index contributed by atoms with van der Waals surface area (Å²) in [6, 6.07) is 6.67. The average molecular weight is 437 g/mol. The van der Waals surface area contributed by atoms with E-state index in [4.69, 9.17) is 4.98 Å². The molecule has 4 rings (SSSR count). The van der Waals surface area contributed by atoms with Crippen LogP contribution < -0.4 is 10.6 Å². The molecule has 1 fully saturated rings. The molecule has 5 nitrogen and oxygen atoms in total. The number of hydrogen-bond acceptors (Lipinski definition) is 2. The maximum Gasteiger partial charge on any atom is 0.315 e. The van der Waals surface area contributed by atoms with Crippen LogP contribution in [0.25, 0.3) is 11.0 Å². The molecule has 1 saturated carbocycles. The maximum atomic E-state index is 12.5. The van der Waals surface area contributed by atoms with Crippen molar-refractivity contribution in [1.29, 1.82) is 0 Å². The molecule has 2 amide bonds. The number of carbonyl (C=O) groups is 1. The number of nitrogens with zero attached hydrogens (tertiary/aromatic N) is 1. The number of fused-ring (bicyclic) bond motifs is 1. The number of aryl methyl sites for hydroxylation is 1. The number of urea groups is 1. The standard InChI is InChI=1S/C27H40N4O/c1-17(2)23-14-20(15-25-30-24-12-8-9-18(3)26(24)31-25)19(4)13-21(23)16-28-27(32)29-22-10-6-5-7-11-22/h8-9,12-13,17,20-23H,5-7,10-11,14-16H2,1-4H3,(H,30,31)(H2,28,29,32)/t20-,21-,23-/m0/s1. The molecule has 0 saturated heterocycles. The molecule has 2 aliphatic carbocycles. The van der Waals surface area contributed by atoms with E-state index in [0.29, 0.717) is 29.7 Å². The highest BCUT2D eigenvalue weighted by Gasteiger charge is 2.32. The molecule has 0 unspecified atom stereocenters. The number of para-hydroxylation sites is 1. The minimum Gasteiger partial charge on any atom is -0.342 e. The van der Waals surface area contributed by atoms with Gasteiger partial charge in [-0.05, 0) is 68.4 Å². The number of benzene rings is 1. The van der Waals surface area contributed by atoms with Gasteiger partial charge < -0.3 is 15.6 Å². The Morgan fingerprint density at radius 1 is 1.19 bits per heavy atom. The van der Waals surface area contributed by atoms with Gasteiger partial charge >= 0.3 is 6.03 Å². The molecule has 0 aliphatic heterocycles. The number of amides is 2. The van der Waals surface area contributed by atoms with Crippen molar-refractivity contribution in [1.82, 2.24) is 20.6 Å². The molecule has 2 aromatic rings. The fourth-order valence-corrected chi connectivity index (χ4v) is 5.76. The van der Waals surface area contributed by atoms with Gasteiger partial charge in [-0.1, -0.05) is 56.9 Å². The first kappa shape index (κ1) is 22.9. The van der Waals surface area contributed by atoms with Crippen LogP contribution in [0, 0.1) is 30.6 Å². The van der Waals surface area contributed by atoms with E-state index in [1.54, 1.807) is 0 Å². The minimum absolute atomic E-state index is 0.00484. The van der Waals surface area contributed by atoms with Gasteiger partial charge in [-0.25, -0.2) is 9.78 Å². The highest BCUT2D eigenvalue weighted by molar-refractivity contribution is 5.78. The van der Waals surface area contributed by atoms with Gasteiger partial charge in [0.2, 0.25) is 0 Å². The van der Waals surface area contributed by atoms with Crippen LogP contribution in [-0.4, -0.2) is 28.6 Å². The first-order chi connectivity index (χ1) is 15.4. The molecule has 0 spiro atoms. The highest BCUT2D eigenvalue weighted by Crippen LogP contribution is 2.38. The van der Waals surface area contributed by atoms with Gasteiger partial charge in [0.15, 0.2) is 0 Å². The molecular weight excluding hydrogens is 396 g/mol. The van der Waals surface area contributed by atoms with Crippen LogP contribution in [0.4, 0.5) is 4.79 Å². The zero-order valence-corrected chi connectivity index (χ0v) is 20.2. The topological polar surface area (TPSA) is 69.8 Å². The Labute approximate surface area is 192 Å². The van der Waals surface area contributed by atoms with Gasteiger partial charge in [0.25, 0.3) is 0 Å². The number of hydrogen-bond donors (Lipinski definition) is 3. The summed E-state index contributed by atoms with van der Waals surface area (Å²) in [6.45, 7) is 9.72. The second kappa shape index (κ2) is 10.1. The molecule has 5 heteroatoms. The largest absolute Gasteiger partial charge is 0.342 e. The summed E-state index contributed by atoms with van der Waals surface area (Å²) in [6.07, 6.45) is 10.5. The summed E-state index contributed by atoms with van der Waals surface area (Å²) < 4.78 is 0. The van der Waals surface area contributed by atoms with E-state index in [9.17, 15) is 4.79 Å². The van der Waals surface area contributed by atoms with E-state index in [2.05, 4.69) is 67.6 Å². The first-order valence-electron chi connectivity index (χ1n) is 12.6. The van der Waals surface area contributed by atoms with E-state index in [-0.39, 0.29) is 6.03 Å². The number of nitrogens with one attached hydrogen (secondary N) is 3. The summed E-state index contributed by atoms with van der Waals surface area (Å²) in [5, 5.41) is 6.37. The van der Waals surface area contributed by atoms with E-state index in [0.717, 1.165) is 49.1 Å². The molecule has 1 aromatic carbocycles. The highest BCUT2D eigenvalue weighted by atomic mass is 16.2. The lowest BCUT2D eigenvalue weighted by Gasteiger charge is -2.37. The van der Waals surface area contributed by atoms with E-state index in [1.165, 1.54) is 30.4 Å². The number of aromatic amines is 1. The third-order valence-electron chi connectivity index (χ3n) is 7.73. The molecule has 174 valence electrons. The van der Waals surface area contributed by atoms with Gasteiger partial charge in [-0.3, -0.25) is 0 Å². The van der Waals surface area contributed by atoms with Crippen molar-refractivity contribution in [3.05, 3.63) is 41.2 Å². The van der Waals surface area contributed by atoms with Crippen LogP contribution in [0.1, 0.15) is 70.7 Å². The second-order valence-electron chi connectivity index (χ2n) is 10.5. The van der Waals surface area contributed by atoms with Gasteiger partial charge in [0, 0.05) is 19.0 Å². The number of imidazole rings is 1. The predicted octanol–water partition coefficient (Wildman–Crippen LogP) is 5.90. The lowest BCUT2D eigenvalue weighted by Crippen LogP contribution is -2.45. The molecule has 1 aromatic heterocycles. The Morgan fingerprint density at radius 3 is 2.69 bits per heavy atom. The third kappa shape index (κ3) is 5.36. The van der Waals surface area contributed by atoms with E-state index < -0.39 is 0 Å². The van der Waals surface area contributed by atoms with Crippen molar-refractivity contribution >= 4 is 17.1 Å². The molecule has 0 radical (unpaired) electrons. The third-order valence-corrected chi connectivity index (χ3v) is 7.73. The first-order valence-corrected chi connectivity index (χ1v) is 12.6. The fraction of sp³-hybridized carbons (Fsp3) is 0.630. The molecule has 3 N–H and O–H groups in total. The van der Waals surface area contributed by atoms with Crippen LogP contribution >= 0.6 is 0 Å². The molecule has 2 aliphatic rings. The number of H-pyrrole nitrogens is 1. The van der Waals surface area contributed by atoms with Crippen molar-refractivity contribution in [3.63, 3.8) is 0 Å². The summed E-state index contributed by atoms with van der Waals surface area (Å²) in [7, 11) is 0. The zero-order chi connectivity index (χ0) is 22.7. The Balaban J connectivity index is 1.39. The van der Waals surface area contributed by atoms with Crippen molar-refractivity contribution in [2.75, 3.05) is 6.54 Å². The quantitative estimate of drug-likeness (QED) is 0.493. The fourth-order valence-electron chi connectivity index (χ4n) is 5.76. The van der Waals surface area contributed by atoms with Gasteiger partial charge in [0.1, 0.15) is 5.82 Å². The molecule has 0 bridgehead atoms. The number of allylic oxidation sites excluding steroid dienone is 1. The Kier molecular flexibility index (Phi) is 7.22. The molecule has 1 heterocycles. The van der Waals surface area contributed by atoms with Crippen LogP contribution in [0.2, 0.25) is 0 Å².